The van der Waals surface area contributed by atoms with E-state index in [1.165, 1.54) is 24.8 Å². The number of allylic oxidation sites excluding steroid dienone is 1. The molecule has 4 rings (SSSR count). The number of nitrogens with one attached hydrogen (secondary N) is 2. The van der Waals surface area contributed by atoms with Crippen LogP contribution in [0.2, 0.25) is 0 Å². The zero-order chi connectivity index (χ0) is 29.2. The average Bonchev–Trinajstić information content (AvgIpc) is 2.89. The normalized spacial score (nSPS) is 19.4. The number of benzene rings is 1. The van der Waals surface area contributed by atoms with Crippen molar-refractivity contribution in [3.63, 3.8) is 0 Å². The van der Waals surface area contributed by atoms with E-state index in [1.54, 1.807) is 4.31 Å². The zero-order valence-corrected chi connectivity index (χ0v) is 25.9. The summed E-state index contributed by atoms with van der Waals surface area (Å²) in [6, 6.07) is 8.08. The van der Waals surface area contributed by atoms with Crippen LogP contribution < -0.4 is 15.8 Å². The van der Waals surface area contributed by atoms with E-state index >= 15 is 0 Å². The van der Waals surface area contributed by atoms with Crippen LogP contribution in [0.1, 0.15) is 66.2 Å². The molecule has 0 aromatic heterocycles. The number of aliphatic imine (C=N–C) groups is 1. The lowest BCUT2D eigenvalue weighted by atomic mass is 9.96. The van der Waals surface area contributed by atoms with Gasteiger partial charge in [-0.15, -0.1) is 0 Å². The van der Waals surface area contributed by atoms with E-state index in [-0.39, 0.29) is 0 Å². The van der Waals surface area contributed by atoms with E-state index in [4.69, 9.17) is 4.99 Å². The van der Waals surface area contributed by atoms with Crippen molar-refractivity contribution in [1.82, 2.24) is 14.6 Å². The molecule has 0 radical (unpaired) electrons. The van der Waals surface area contributed by atoms with Gasteiger partial charge in [-0.2, -0.15) is 5.10 Å². The van der Waals surface area contributed by atoms with Gasteiger partial charge in [0.1, 0.15) is 28.5 Å². The molecule has 218 valence electrons. The topological polar surface area (TPSA) is 132 Å². The standard InChI is InChI=1S/C24H34N6OS.C2H6.CH5NO2S/c1-17(2)21-14-15-25-30-23(27-19-10-12-20(13-11-19)32(31)29(3)4)16-22(28-24(21)30)26-18-8-6-5-7-9-18;1-2;1-5(2,3)4/h10-13,15-18,27H,5-9,14H2,1-4H3,(H,26,28);1-2H3;1H3,(H2,2,3,4). The number of nitrogens with zero attached hydrogens (tertiary/aromatic N) is 4. The first-order chi connectivity index (χ1) is 18.4. The highest BCUT2D eigenvalue weighted by Gasteiger charge is 2.28. The fraction of sp³-hybridized carbons (Fsp3) is 0.556. The summed E-state index contributed by atoms with van der Waals surface area (Å²) in [5.74, 6) is 3.17. The minimum Gasteiger partial charge on any atom is -0.340 e. The Morgan fingerprint density at radius 2 is 1.74 bits per heavy atom. The molecule has 10 nitrogen and oxygen atoms in total. The first kappa shape index (κ1) is 32.7. The number of primary sulfonamides is 1. The Morgan fingerprint density at radius 1 is 1.15 bits per heavy atom. The van der Waals surface area contributed by atoms with Gasteiger partial charge in [0.2, 0.25) is 10.0 Å². The summed E-state index contributed by atoms with van der Waals surface area (Å²) < 4.78 is 32.8. The first-order valence-corrected chi connectivity index (χ1v) is 16.5. The third-order valence-corrected chi connectivity index (χ3v) is 7.36. The second-order valence-corrected chi connectivity index (χ2v) is 13.2. The SMILES string of the molecule is CC.CC(C)C1=C2NC(=NC3CCCCC3)C=C(Nc3ccc(S(=O)N(C)C)cc3)N2N=CC1.CS(N)(=O)=O. The van der Waals surface area contributed by atoms with Crippen molar-refractivity contribution >= 4 is 38.7 Å². The highest BCUT2D eigenvalue weighted by molar-refractivity contribution is 7.88. The molecule has 4 N–H and O–H groups in total. The molecule has 0 bridgehead atoms. The number of fused-ring (bicyclic) bond motifs is 1. The van der Waals surface area contributed by atoms with Crippen LogP contribution in [0.15, 0.2) is 62.5 Å². The van der Waals surface area contributed by atoms with Gasteiger partial charge >= 0.3 is 0 Å². The molecule has 1 fully saturated rings. The van der Waals surface area contributed by atoms with Gasteiger partial charge < -0.3 is 10.6 Å². The van der Waals surface area contributed by atoms with E-state index < -0.39 is 21.0 Å². The lowest BCUT2D eigenvalue weighted by molar-refractivity contribution is 0.406. The average molecular weight is 580 g/mol. The quantitative estimate of drug-likeness (QED) is 0.459. The van der Waals surface area contributed by atoms with Gasteiger partial charge in [0.05, 0.1) is 17.2 Å². The van der Waals surface area contributed by atoms with Crippen LogP contribution in [0, 0.1) is 5.92 Å². The molecular formula is C27H45N7O3S2. The van der Waals surface area contributed by atoms with Crippen molar-refractivity contribution < 1.29 is 12.6 Å². The fourth-order valence-electron chi connectivity index (χ4n) is 4.26. The number of sulfonamides is 1. The molecule has 2 heterocycles. The summed E-state index contributed by atoms with van der Waals surface area (Å²) in [5.41, 5.74) is 2.24. The van der Waals surface area contributed by atoms with Gasteiger partial charge in [0.15, 0.2) is 0 Å². The second-order valence-electron chi connectivity index (χ2n) is 9.84. The van der Waals surface area contributed by atoms with E-state index in [1.807, 2.05) is 69.5 Å². The van der Waals surface area contributed by atoms with Crippen molar-refractivity contribution in [2.24, 2.45) is 21.2 Å². The summed E-state index contributed by atoms with van der Waals surface area (Å²) in [6.07, 6.45) is 11.9. The Bertz CT molecular complexity index is 1190. The lowest BCUT2D eigenvalue weighted by Gasteiger charge is -2.35. The van der Waals surface area contributed by atoms with Crippen molar-refractivity contribution in [1.29, 1.82) is 0 Å². The summed E-state index contributed by atoms with van der Waals surface area (Å²) in [6.45, 7) is 8.43. The van der Waals surface area contributed by atoms with Crippen LogP contribution in [0.3, 0.4) is 0 Å². The molecule has 0 spiro atoms. The van der Waals surface area contributed by atoms with Crippen LogP contribution in [-0.2, 0) is 21.0 Å². The van der Waals surface area contributed by atoms with Crippen molar-refractivity contribution in [3.8, 4) is 0 Å². The van der Waals surface area contributed by atoms with Gasteiger partial charge in [-0.1, -0.05) is 47.0 Å². The predicted octanol–water partition coefficient (Wildman–Crippen LogP) is 4.35. The molecule has 1 aromatic rings. The Balaban J connectivity index is 0.000000686. The Hall–Kier alpha value is -2.54. The number of amidine groups is 1. The third-order valence-electron chi connectivity index (χ3n) is 6.03. The van der Waals surface area contributed by atoms with Gasteiger partial charge in [-0.05, 0) is 62.7 Å². The van der Waals surface area contributed by atoms with E-state index in [0.29, 0.717) is 12.0 Å². The van der Waals surface area contributed by atoms with E-state index in [2.05, 4.69) is 34.7 Å². The molecule has 1 unspecified atom stereocenters. The fourth-order valence-corrected chi connectivity index (χ4v) is 5.05. The number of hydrogen-bond acceptors (Lipinski definition) is 7. The predicted molar refractivity (Wildman–Crippen MR) is 163 cm³/mol. The Kier molecular flexibility index (Phi) is 12.8. The molecule has 1 saturated carbocycles. The van der Waals surface area contributed by atoms with Crippen LogP contribution in [0.25, 0.3) is 0 Å². The summed E-state index contributed by atoms with van der Waals surface area (Å²) in [5, 5.41) is 18.0. The molecular weight excluding hydrogens is 534 g/mol. The highest BCUT2D eigenvalue weighted by atomic mass is 32.2. The van der Waals surface area contributed by atoms with Gasteiger partial charge in [-0.25, -0.2) is 27.1 Å². The molecule has 0 saturated heterocycles. The van der Waals surface area contributed by atoms with Crippen LogP contribution in [0.4, 0.5) is 5.69 Å². The van der Waals surface area contributed by atoms with Gasteiger partial charge in [0.25, 0.3) is 0 Å². The Labute approximate surface area is 237 Å². The second kappa shape index (κ2) is 15.3. The van der Waals surface area contributed by atoms with Gasteiger partial charge in [-0.3, -0.25) is 4.99 Å². The smallest absolute Gasteiger partial charge is 0.206 e. The largest absolute Gasteiger partial charge is 0.340 e. The van der Waals surface area contributed by atoms with E-state index in [0.717, 1.165) is 53.6 Å². The molecule has 2 aliphatic heterocycles. The molecule has 1 aromatic carbocycles. The first-order valence-electron chi connectivity index (χ1n) is 13.5. The molecule has 12 heteroatoms. The van der Waals surface area contributed by atoms with Crippen molar-refractivity contribution in [3.05, 3.63) is 47.6 Å². The van der Waals surface area contributed by atoms with Crippen LogP contribution in [0.5, 0.6) is 0 Å². The van der Waals surface area contributed by atoms with Crippen LogP contribution >= 0.6 is 0 Å². The zero-order valence-electron chi connectivity index (χ0n) is 24.3. The van der Waals surface area contributed by atoms with Gasteiger partial charge in [0, 0.05) is 24.4 Å². The molecule has 3 aliphatic rings. The monoisotopic (exact) mass is 579 g/mol. The maximum atomic E-state index is 12.3. The number of hydrogen-bond donors (Lipinski definition) is 3. The maximum absolute atomic E-state index is 12.3. The number of anilines is 1. The molecule has 39 heavy (non-hydrogen) atoms. The van der Waals surface area contributed by atoms with Crippen molar-refractivity contribution in [2.45, 2.75) is 77.2 Å². The molecule has 1 aliphatic carbocycles. The summed E-state index contributed by atoms with van der Waals surface area (Å²) in [4.78, 5) is 5.84. The number of rotatable bonds is 6. The summed E-state index contributed by atoms with van der Waals surface area (Å²) in [7, 11) is -0.704. The molecule has 1 atom stereocenters. The lowest BCUT2D eigenvalue weighted by Crippen LogP contribution is -2.42. The third kappa shape index (κ3) is 10.5. The van der Waals surface area contributed by atoms with Crippen LogP contribution in [-0.4, -0.2) is 60.4 Å². The maximum Gasteiger partial charge on any atom is 0.206 e. The minimum absolute atomic E-state index is 0.380. The Morgan fingerprint density at radius 3 is 2.28 bits per heavy atom. The molecule has 0 amide bonds. The number of hydrazone groups is 1. The van der Waals surface area contributed by atoms with Crippen molar-refractivity contribution in [2.75, 3.05) is 25.7 Å². The highest BCUT2D eigenvalue weighted by Crippen LogP contribution is 2.30. The number of nitrogens with two attached hydrogens (primary N) is 1. The van der Waals surface area contributed by atoms with E-state index in [9.17, 15) is 12.6 Å². The summed E-state index contributed by atoms with van der Waals surface area (Å²) >= 11 is 0. The minimum atomic E-state index is -3.17.